The van der Waals surface area contributed by atoms with E-state index in [-0.39, 0.29) is 0 Å². The van der Waals surface area contributed by atoms with Crippen LogP contribution in [0.5, 0.6) is 0 Å². The van der Waals surface area contributed by atoms with Crippen LogP contribution in [0.25, 0.3) is 0 Å². The maximum atomic E-state index is 12.2. The molecule has 15 heavy (non-hydrogen) atoms. The number of hydrogen-bond donors (Lipinski definition) is 1. The fraction of sp³-hybridized carbons (Fsp3) is 0.714. The monoisotopic (exact) mass is 229 g/mol. The summed E-state index contributed by atoms with van der Waals surface area (Å²) in [7, 11) is 0. The van der Waals surface area contributed by atoms with Gasteiger partial charge < -0.3 is 9.68 Å². The summed E-state index contributed by atoms with van der Waals surface area (Å²) in [6.45, 7) is 2.27. The maximum Gasteiger partial charge on any atom is 0.404 e. The van der Waals surface area contributed by atoms with Crippen molar-refractivity contribution in [1.29, 1.82) is 0 Å². The Labute approximate surface area is 83.4 Å². The molecule has 8 heteroatoms. The Bertz CT molecular complexity index is 261. The lowest BCUT2D eigenvalue weighted by molar-refractivity contribution is -0.243. The number of carbonyl (C=O) groups excluding carboxylic acids is 2. The predicted molar refractivity (Wildman–Crippen MR) is 40.8 cm³/mol. The first-order valence-electron chi connectivity index (χ1n) is 3.79. The summed E-state index contributed by atoms with van der Waals surface area (Å²) in [6, 6.07) is 0. The fourth-order valence-corrected chi connectivity index (χ4v) is 0.361. The topological polar surface area (TPSA) is 64.6 Å². The Kier molecular flexibility index (Phi) is 4.08. The van der Waals surface area contributed by atoms with E-state index in [9.17, 15) is 22.8 Å². The molecule has 0 heterocycles. The van der Waals surface area contributed by atoms with Crippen molar-refractivity contribution in [2.75, 3.05) is 0 Å². The lowest BCUT2D eigenvalue weighted by atomic mass is 9.93. The smallest absolute Gasteiger partial charge is 0.336 e. The van der Waals surface area contributed by atoms with E-state index in [1.165, 1.54) is 5.64 Å². The van der Waals surface area contributed by atoms with Gasteiger partial charge >= 0.3 is 18.1 Å². The first kappa shape index (κ1) is 13.7. The van der Waals surface area contributed by atoms with E-state index in [0.717, 1.165) is 6.92 Å². The van der Waals surface area contributed by atoms with E-state index < -0.39 is 23.5 Å². The number of carbonyl (C=O) groups is 2. The quantitative estimate of drug-likeness (QED) is 0.734. The van der Waals surface area contributed by atoms with Gasteiger partial charge in [0.05, 0.1) is 0 Å². The molecule has 0 bridgehead atoms. The first-order valence-corrected chi connectivity index (χ1v) is 3.79. The SMILES string of the molecule is CC(=O)ONOC(=O)C(C)(C)C(F)(F)F. The lowest BCUT2D eigenvalue weighted by Crippen LogP contribution is -2.43. The van der Waals surface area contributed by atoms with Gasteiger partial charge in [0.2, 0.25) is 0 Å². The highest BCUT2D eigenvalue weighted by Gasteiger charge is 2.54. The second-order valence-electron chi connectivity index (χ2n) is 3.19. The van der Waals surface area contributed by atoms with Gasteiger partial charge in [-0.15, -0.1) is 0 Å². The predicted octanol–water partition coefficient (Wildman–Crippen LogP) is 1.10. The van der Waals surface area contributed by atoms with Crippen LogP contribution in [0.3, 0.4) is 0 Å². The molecular weight excluding hydrogens is 219 g/mol. The second kappa shape index (κ2) is 4.47. The highest BCUT2D eigenvalue weighted by Crippen LogP contribution is 2.38. The minimum atomic E-state index is -4.75. The van der Waals surface area contributed by atoms with Crippen LogP contribution >= 0.6 is 0 Å². The van der Waals surface area contributed by atoms with Crippen LogP contribution < -0.4 is 5.64 Å². The Morgan fingerprint density at radius 3 is 1.93 bits per heavy atom. The van der Waals surface area contributed by atoms with Gasteiger partial charge in [0.25, 0.3) is 0 Å². The molecule has 0 unspecified atom stereocenters. The van der Waals surface area contributed by atoms with E-state index in [2.05, 4.69) is 9.68 Å². The molecule has 0 aromatic rings. The van der Waals surface area contributed by atoms with Gasteiger partial charge in [-0.25, -0.2) is 4.79 Å². The summed E-state index contributed by atoms with van der Waals surface area (Å²) in [6.07, 6.45) is -4.75. The molecule has 0 aromatic carbocycles. The van der Waals surface area contributed by atoms with Crippen LogP contribution in [0.4, 0.5) is 13.2 Å². The molecule has 0 aliphatic heterocycles. The minimum absolute atomic E-state index is 0.644. The molecule has 5 nitrogen and oxygen atoms in total. The lowest BCUT2D eigenvalue weighted by Gasteiger charge is -2.24. The van der Waals surface area contributed by atoms with Crippen molar-refractivity contribution in [3.05, 3.63) is 0 Å². The van der Waals surface area contributed by atoms with E-state index in [0.29, 0.717) is 13.8 Å². The number of hydrogen-bond acceptors (Lipinski definition) is 5. The molecule has 88 valence electrons. The molecule has 0 saturated heterocycles. The van der Waals surface area contributed by atoms with E-state index in [4.69, 9.17) is 0 Å². The molecule has 0 atom stereocenters. The Morgan fingerprint density at radius 2 is 1.60 bits per heavy atom. The van der Waals surface area contributed by atoms with Gasteiger partial charge in [0.15, 0.2) is 5.41 Å². The molecular formula is C7H10F3NO4. The van der Waals surface area contributed by atoms with Crippen molar-refractivity contribution < 1.29 is 32.4 Å². The summed E-state index contributed by atoms with van der Waals surface area (Å²) < 4.78 is 36.7. The van der Waals surface area contributed by atoms with Crippen molar-refractivity contribution in [2.45, 2.75) is 26.9 Å². The van der Waals surface area contributed by atoms with Crippen molar-refractivity contribution in [2.24, 2.45) is 5.41 Å². The molecule has 0 saturated carbocycles. The molecule has 0 fully saturated rings. The van der Waals surface area contributed by atoms with Gasteiger partial charge in [-0.05, 0) is 13.8 Å². The second-order valence-corrected chi connectivity index (χ2v) is 3.19. The summed E-state index contributed by atoms with van der Waals surface area (Å²) in [5.74, 6) is -2.45. The van der Waals surface area contributed by atoms with Crippen molar-refractivity contribution in [1.82, 2.24) is 5.64 Å². The normalized spacial score (nSPS) is 12.1. The number of rotatable bonds is 3. The highest BCUT2D eigenvalue weighted by atomic mass is 19.4. The molecule has 0 aliphatic rings. The zero-order valence-electron chi connectivity index (χ0n) is 8.27. The summed E-state index contributed by atoms with van der Waals surface area (Å²) in [4.78, 5) is 28.9. The third-order valence-corrected chi connectivity index (χ3v) is 1.54. The standard InChI is InChI=1S/C7H10F3NO4/c1-4(12)14-11-15-5(13)6(2,3)7(8,9)10/h11H,1-3H3. The minimum Gasteiger partial charge on any atom is -0.336 e. The number of alkyl halides is 3. The van der Waals surface area contributed by atoms with Crippen LogP contribution in [0, 0.1) is 5.41 Å². The summed E-state index contributed by atoms with van der Waals surface area (Å²) >= 11 is 0. The highest BCUT2D eigenvalue weighted by molar-refractivity contribution is 5.76. The van der Waals surface area contributed by atoms with Crippen LogP contribution in [-0.2, 0) is 19.3 Å². The average Bonchev–Trinajstić information content (AvgIpc) is 2.01. The molecule has 0 aliphatic carbocycles. The van der Waals surface area contributed by atoms with E-state index in [1.54, 1.807) is 0 Å². The van der Waals surface area contributed by atoms with Gasteiger partial charge in [-0.1, -0.05) is 0 Å². The Balaban J connectivity index is 4.27. The van der Waals surface area contributed by atoms with Crippen LogP contribution in [0.15, 0.2) is 0 Å². The summed E-state index contributed by atoms with van der Waals surface area (Å²) in [5, 5.41) is 0. The van der Waals surface area contributed by atoms with Gasteiger partial charge in [-0.2, -0.15) is 13.2 Å². The third kappa shape index (κ3) is 3.74. The molecule has 0 amide bonds. The van der Waals surface area contributed by atoms with Gasteiger partial charge in [0, 0.05) is 12.6 Å². The average molecular weight is 229 g/mol. The van der Waals surface area contributed by atoms with E-state index >= 15 is 0 Å². The molecule has 0 aromatic heterocycles. The number of halogens is 3. The van der Waals surface area contributed by atoms with Crippen molar-refractivity contribution in [3.63, 3.8) is 0 Å². The molecule has 0 radical (unpaired) electrons. The fourth-order valence-electron chi connectivity index (χ4n) is 0.361. The molecule has 1 N–H and O–H groups in total. The number of nitrogens with one attached hydrogen (secondary N) is 1. The van der Waals surface area contributed by atoms with Crippen LogP contribution in [-0.4, -0.2) is 18.1 Å². The Hall–Kier alpha value is -1.31. The third-order valence-electron chi connectivity index (χ3n) is 1.54. The maximum absolute atomic E-state index is 12.2. The van der Waals surface area contributed by atoms with Gasteiger partial charge in [0.1, 0.15) is 0 Å². The molecule has 0 spiro atoms. The zero-order valence-corrected chi connectivity index (χ0v) is 8.27. The van der Waals surface area contributed by atoms with Crippen LogP contribution in [0.2, 0.25) is 0 Å². The van der Waals surface area contributed by atoms with Crippen molar-refractivity contribution in [3.8, 4) is 0 Å². The zero-order chi connectivity index (χ0) is 12.3. The van der Waals surface area contributed by atoms with Crippen molar-refractivity contribution >= 4 is 11.9 Å². The molecule has 0 rings (SSSR count). The first-order chi connectivity index (χ1) is 6.59. The van der Waals surface area contributed by atoms with Crippen LogP contribution in [0.1, 0.15) is 20.8 Å². The summed E-state index contributed by atoms with van der Waals surface area (Å²) in [5.41, 5.74) is -1.32. The van der Waals surface area contributed by atoms with Gasteiger partial charge in [-0.3, -0.25) is 4.79 Å². The Morgan fingerprint density at radius 1 is 1.13 bits per heavy atom. The largest absolute Gasteiger partial charge is 0.404 e. The van der Waals surface area contributed by atoms with E-state index in [1.807, 2.05) is 0 Å².